The van der Waals surface area contributed by atoms with Crippen LogP contribution in [-0.2, 0) is 9.53 Å². The smallest absolute Gasteiger partial charge is 0.338 e. The van der Waals surface area contributed by atoms with Crippen molar-refractivity contribution in [2.24, 2.45) is 0 Å². The molecule has 1 heterocycles. The molecule has 1 amide bonds. The molecule has 1 aromatic carbocycles. The Labute approximate surface area is 119 Å². The lowest BCUT2D eigenvalue weighted by atomic mass is 10.0. The molecule has 0 aromatic heterocycles. The van der Waals surface area contributed by atoms with Crippen LogP contribution in [0.25, 0.3) is 0 Å². The van der Waals surface area contributed by atoms with Gasteiger partial charge in [0.15, 0.2) is 6.61 Å². The SMILES string of the molecule is CC(C)c1ccc(C(=O)OCC(=O)N2CCCC2)cc1. The third-order valence-electron chi connectivity index (χ3n) is 3.60. The second-order valence-corrected chi connectivity index (χ2v) is 5.44. The highest BCUT2D eigenvalue weighted by atomic mass is 16.5. The Hall–Kier alpha value is -1.84. The van der Waals surface area contributed by atoms with E-state index in [4.69, 9.17) is 4.74 Å². The molecule has 4 heteroatoms. The summed E-state index contributed by atoms with van der Waals surface area (Å²) in [6.07, 6.45) is 2.08. The predicted molar refractivity (Wildman–Crippen MR) is 76.6 cm³/mol. The van der Waals surface area contributed by atoms with Crippen molar-refractivity contribution in [3.05, 3.63) is 35.4 Å². The van der Waals surface area contributed by atoms with Gasteiger partial charge in [-0.3, -0.25) is 4.79 Å². The van der Waals surface area contributed by atoms with E-state index in [9.17, 15) is 9.59 Å². The molecule has 0 aliphatic carbocycles. The lowest BCUT2D eigenvalue weighted by molar-refractivity contribution is -0.133. The summed E-state index contributed by atoms with van der Waals surface area (Å²) in [6, 6.07) is 7.34. The zero-order valence-electron chi connectivity index (χ0n) is 12.1. The van der Waals surface area contributed by atoms with Crippen LogP contribution in [-0.4, -0.2) is 36.5 Å². The fourth-order valence-corrected chi connectivity index (χ4v) is 2.27. The van der Waals surface area contributed by atoms with Crippen molar-refractivity contribution >= 4 is 11.9 Å². The van der Waals surface area contributed by atoms with E-state index < -0.39 is 5.97 Å². The van der Waals surface area contributed by atoms with Gasteiger partial charge in [-0.15, -0.1) is 0 Å². The number of carbonyl (C=O) groups is 2. The highest BCUT2D eigenvalue weighted by molar-refractivity contribution is 5.91. The molecule has 1 saturated heterocycles. The predicted octanol–water partition coefficient (Wildman–Crippen LogP) is 2.59. The van der Waals surface area contributed by atoms with Gasteiger partial charge in [0, 0.05) is 13.1 Å². The number of carbonyl (C=O) groups excluding carboxylic acids is 2. The number of rotatable bonds is 4. The van der Waals surface area contributed by atoms with Crippen molar-refractivity contribution in [3.63, 3.8) is 0 Å². The standard InChI is InChI=1S/C16H21NO3/c1-12(2)13-5-7-14(8-6-13)16(19)20-11-15(18)17-9-3-4-10-17/h5-8,12H,3-4,9-11H2,1-2H3. The van der Waals surface area contributed by atoms with E-state index in [1.165, 1.54) is 5.56 Å². The first-order chi connectivity index (χ1) is 9.58. The van der Waals surface area contributed by atoms with E-state index in [0.717, 1.165) is 25.9 Å². The Bertz CT molecular complexity index is 473. The van der Waals surface area contributed by atoms with Crippen molar-refractivity contribution in [1.29, 1.82) is 0 Å². The number of nitrogens with zero attached hydrogens (tertiary/aromatic N) is 1. The van der Waals surface area contributed by atoms with Crippen LogP contribution >= 0.6 is 0 Å². The average molecular weight is 275 g/mol. The number of esters is 1. The number of ether oxygens (including phenoxy) is 1. The van der Waals surface area contributed by atoms with Crippen molar-refractivity contribution in [3.8, 4) is 0 Å². The first-order valence-electron chi connectivity index (χ1n) is 7.13. The first kappa shape index (κ1) is 14.6. The molecular formula is C16H21NO3. The summed E-state index contributed by atoms with van der Waals surface area (Å²) in [4.78, 5) is 25.4. The van der Waals surface area contributed by atoms with Crippen LogP contribution < -0.4 is 0 Å². The van der Waals surface area contributed by atoms with E-state index >= 15 is 0 Å². The Morgan fingerprint density at radius 3 is 2.30 bits per heavy atom. The Morgan fingerprint density at radius 1 is 1.15 bits per heavy atom. The molecular weight excluding hydrogens is 254 g/mol. The van der Waals surface area contributed by atoms with E-state index in [1.807, 2.05) is 12.1 Å². The topological polar surface area (TPSA) is 46.6 Å². The summed E-state index contributed by atoms with van der Waals surface area (Å²) in [5.41, 5.74) is 1.67. The molecule has 2 rings (SSSR count). The van der Waals surface area contributed by atoms with Gasteiger partial charge in [0.25, 0.3) is 5.91 Å². The highest BCUT2D eigenvalue weighted by Gasteiger charge is 2.19. The van der Waals surface area contributed by atoms with Crippen LogP contribution in [0.15, 0.2) is 24.3 Å². The maximum atomic E-state index is 11.9. The highest BCUT2D eigenvalue weighted by Crippen LogP contribution is 2.15. The summed E-state index contributed by atoms with van der Waals surface area (Å²) in [5.74, 6) is -0.112. The Morgan fingerprint density at radius 2 is 1.75 bits per heavy atom. The van der Waals surface area contributed by atoms with Gasteiger partial charge in [-0.25, -0.2) is 4.79 Å². The van der Waals surface area contributed by atoms with Gasteiger partial charge in [-0.1, -0.05) is 26.0 Å². The first-order valence-corrected chi connectivity index (χ1v) is 7.13. The zero-order chi connectivity index (χ0) is 14.5. The molecule has 0 radical (unpaired) electrons. The van der Waals surface area contributed by atoms with Crippen LogP contribution in [0.5, 0.6) is 0 Å². The molecule has 1 aliphatic rings. The quantitative estimate of drug-likeness (QED) is 0.793. The monoisotopic (exact) mass is 275 g/mol. The number of likely N-dealkylation sites (tertiary alicyclic amines) is 1. The third kappa shape index (κ3) is 3.59. The molecule has 20 heavy (non-hydrogen) atoms. The van der Waals surface area contributed by atoms with Gasteiger partial charge in [0.05, 0.1) is 5.56 Å². The molecule has 1 aromatic rings. The second-order valence-electron chi connectivity index (χ2n) is 5.44. The van der Waals surface area contributed by atoms with Crippen LogP contribution in [0.1, 0.15) is 48.5 Å². The minimum absolute atomic E-state index is 0.102. The summed E-state index contributed by atoms with van der Waals surface area (Å²) in [5, 5.41) is 0. The summed E-state index contributed by atoms with van der Waals surface area (Å²) >= 11 is 0. The lowest BCUT2D eigenvalue weighted by Crippen LogP contribution is -2.32. The maximum absolute atomic E-state index is 11.9. The molecule has 0 unspecified atom stereocenters. The fourth-order valence-electron chi connectivity index (χ4n) is 2.27. The number of hydrogen-bond donors (Lipinski definition) is 0. The molecule has 108 valence electrons. The van der Waals surface area contributed by atoms with Gasteiger partial charge in [0.1, 0.15) is 0 Å². The second kappa shape index (κ2) is 6.55. The van der Waals surface area contributed by atoms with Gasteiger partial charge in [0.2, 0.25) is 0 Å². The van der Waals surface area contributed by atoms with E-state index in [0.29, 0.717) is 11.5 Å². The average Bonchev–Trinajstić information content (AvgIpc) is 2.98. The third-order valence-corrected chi connectivity index (χ3v) is 3.60. The van der Waals surface area contributed by atoms with Crippen LogP contribution in [0, 0.1) is 0 Å². The van der Waals surface area contributed by atoms with Crippen molar-refractivity contribution in [2.45, 2.75) is 32.6 Å². The summed E-state index contributed by atoms with van der Waals surface area (Å²) < 4.78 is 5.07. The number of hydrogen-bond acceptors (Lipinski definition) is 3. The van der Waals surface area contributed by atoms with Gasteiger partial charge in [-0.2, -0.15) is 0 Å². The van der Waals surface area contributed by atoms with Crippen LogP contribution in [0.4, 0.5) is 0 Å². The summed E-state index contributed by atoms with van der Waals surface area (Å²) in [7, 11) is 0. The fraction of sp³-hybridized carbons (Fsp3) is 0.500. The Kier molecular flexibility index (Phi) is 4.77. The van der Waals surface area contributed by atoms with Crippen LogP contribution in [0.3, 0.4) is 0 Å². The molecule has 1 aliphatic heterocycles. The van der Waals surface area contributed by atoms with E-state index in [2.05, 4.69) is 13.8 Å². The minimum atomic E-state index is -0.437. The van der Waals surface area contributed by atoms with Gasteiger partial charge >= 0.3 is 5.97 Å². The van der Waals surface area contributed by atoms with Crippen molar-refractivity contribution in [2.75, 3.05) is 19.7 Å². The van der Waals surface area contributed by atoms with Gasteiger partial charge in [-0.05, 0) is 36.5 Å². The molecule has 0 spiro atoms. The molecule has 0 saturated carbocycles. The Balaban J connectivity index is 1.86. The largest absolute Gasteiger partial charge is 0.452 e. The lowest BCUT2D eigenvalue weighted by Gasteiger charge is -2.15. The molecule has 0 N–H and O–H groups in total. The molecule has 4 nitrogen and oxygen atoms in total. The maximum Gasteiger partial charge on any atom is 0.338 e. The van der Waals surface area contributed by atoms with Crippen LogP contribution in [0.2, 0.25) is 0 Å². The van der Waals surface area contributed by atoms with Crippen molar-refractivity contribution in [1.82, 2.24) is 4.90 Å². The number of amides is 1. The van der Waals surface area contributed by atoms with E-state index in [-0.39, 0.29) is 12.5 Å². The number of benzene rings is 1. The molecule has 1 fully saturated rings. The molecule has 0 bridgehead atoms. The van der Waals surface area contributed by atoms with Gasteiger partial charge < -0.3 is 9.64 Å². The van der Waals surface area contributed by atoms with Crippen molar-refractivity contribution < 1.29 is 14.3 Å². The minimum Gasteiger partial charge on any atom is -0.452 e. The normalized spacial score (nSPS) is 14.7. The van der Waals surface area contributed by atoms with E-state index in [1.54, 1.807) is 17.0 Å². The zero-order valence-corrected chi connectivity index (χ0v) is 12.1. The summed E-state index contributed by atoms with van der Waals surface area (Å²) in [6.45, 7) is 5.59. The molecule has 0 atom stereocenters.